The molecule has 2 atom stereocenters. The molecule has 1 aromatic carbocycles. The second-order valence-electron chi connectivity index (χ2n) is 6.02. The van der Waals surface area contributed by atoms with Crippen LogP contribution in [-0.4, -0.2) is 27.2 Å². The van der Waals surface area contributed by atoms with Crippen molar-refractivity contribution in [1.82, 2.24) is 9.97 Å². The maximum Gasteiger partial charge on any atom is 0.223 e. The number of aliphatic hydroxyl groups excluding tert-OH is 1. The Kier molecular flexibility index (Phi) is 3.57. The number of anilines is 1. The van der Waals surface area contributed by atoms with E-state index in [0.717, 1.165) is 30.2 Å². The van der Waals surface area contributed by atoms with Crippen molar-refractivity contribution in [2.45, 2.75) is 38.1 Å². The Bertz CT molecular complexity index is 601. The minimum absolute atomic E-state index is 0.132. The van der Waals surface area contributed by atoms with Gasteiger partial charge in [-0.2, -0.15) is 0 Å². The van der Waals surface area contributed by atoms with Crippen molar-refractivity contribution in [2.24, 2.45) is 5.92 Å². The number of fused-ring (bicyclic) bond motifs is 1. The van der Waals surface area contributed by atoms with Crippen molar-refractivity contribution in [3.63, 3.8) is 0 Å². The predicted octanol–water partition coefficient (Wildman–Crippen LogP) is 2.98. The van der Waals surface area contributed by atoms with Gasteiger partial charge < -0.3 is 10.4 Å². The van der Waals surface area contributed by atoms with Crippen molar-refractivity contribution in [2.75, 3.05) is 11.9 Å². The number of aromatic nitrogens is 2. The van der Waals surface area contributed by atoms with Gasteiger partial charge in [0.2, 0.25) is 5.95 Å². The smallest absolute Gasteiger partial charge is 0.223 e. The number of rotatable bonds is 3. The van der Waals surface area contributed by atoms with E-state index in [1.807, 2.05) is 30.5 Å². The van der Waals surface area contributed by atoms with Gasteiger partial charge in [0.25, 0.3) is 0 Å². The Hall–Kier alpha value is -1.68. The van der Waals surface area contributed by atoms with Crippen molar-refractivity contribution >= 4 is 16.9 Å². The van der Waals surface area contributed by atoms with Gasteiger partial charge in [-0.25, -0.2) is 9.97 Å². The maximum atomic E-state index is 9.82. The highest BCUT2D eigenvalue weighted by atomic mass is 16.3. The first-order chi connectivity index (χ1) is 9.71. The molecule has 1 aliphatic rings. The van der Waals surface area contributed by atoms with Crippen molar-refractivity contribution < 1.29 is 5.11 Å². The van der Waals surface area contributed by atoms with Gasteiger partial charge in [0, 0.05) is 11.6 Å². The van der Waals surface area contributed by atoms with Gasteiger partial charge in [-0.05, 0) is 24.8 Å². The van der Waals surface area contributed by atoms with Crippen molar-refractivity contribution in [3.05, 3.63) is 30.5 Å². The van der Waals surface area contributed by atoms with E-state index in [-0.39, 0.29) is 12.1 Å². The zero-order chi connectivity index (χ0) is 14.0. The lowest BCUT2D eigenvalue weighted by molar-refractivity contribution is 0.149. The summed E-state index contributed by atoms with van der Waals surface area (Å²) in [4.78, 5) is 8.94. The van der Waals surface area contributed by atoms with Gasteiger partial charge in [-0.15, -0.1) is 0 Å². The minimum Gasteiger partial charge on any atom is -0.394 e. The molecular formula is C16H21N3O. The van der Waals surface area contributed by atoms with E-state index in [4.69, 9.17) is 0 Å². The molecule has 0 amide bonds. The molecule has 1 heterocycles. The van der Waals surface area contributed by atoms with E-state index in [0.29, 0.717) is 11.9 Å². The first-order valence-corrected chi connectivity index (χ1v) is 7.32. The van der Waals surface area contributed by atoms with E-state index in [2.05, 4.69) is 22.2 Å². The second kappa shape index (κ2) is 5.37. The molecular weight excluding hydrogens is 250 g/mol. The van der Waals surface area contributed by atoms with Gasteiger partial charge in [0.1, 0.15) is 0 Å². The first-order valence-electron chi connectivity index (χ1n) is 7.32. The van der Waals surface area contributed by atoms with Crippen molar-refractivity contribution in [1.29, 1.82) is 0 Å². The lowest BCUT2D eigenvalue weighted by Gasteiger charge is -2.39. The summed E-state index contributed by atoms with van der Waals surface area (Å²) in [6, 6.07) is 7.95. The van der Waals surface area contributed by atoms with E-state index in [1.165, 1.54) is 6.42 Å². The molecule has 4 heteroatoms. The molecule has 0 bridgehead atoms. The molecule has 0 saturated heterocycles. The SMILES string of the molecule is CC1CCCC(CO)(Nc2ncc3ccccc3n2)C1. The lowest BCUT2D eigenvalue weighted by atomic mass is 9.77. The molecule has 20 heavy (non-hydrogen) atoms. The van der Waals surface area contributed by atoms with Crippen LogP contribution in [0, 0.1) is 5.92 Å². The quantitative estimate of drug-likeness (QED) is 0.901. The zero-order valence-corrected chi connectivity index (χ0v) is 11.8. The van der Waals surface area contributed by atoms with Crippen LogP contribution in [-0.2, 0) is 0 Å². The number of hydrogen-bond acceptors (Lipinski definition) is 4. The summed E-state index contributed by atoms with van der Waals surface area (Å²) in [6.45, 7) is 2.38. The third-order valence-electron chi connectivity index (χ3n) is 4.26. The predicted molar refractivity (Wildman–Crippen MR) is 80.6 cm³/mol. The van der Waals surface area contributed by atoms with Crippen LogP contribution in [0.3, 0.4) is 0 Å². The Morgan fingerprint density at radius 2 is 2.25 bits per heavy atom. The summed E-state index contributed by atoms with van der Waals surface area (Å²) < 4.78 is 0. The molecule has 4 nitrogen and oxygen atoms in total. The fourth-order valence-corrected chi connectivity index (χ4v) is 3.23. The number of benzene rings is 1. The lowest BCUT2D eigenvalue weighted by Crippen LogP contribution is -2.46. The highest BCUT2D eigenvalue weighted by Gasteiger charge is 2.34. The number of nitrogens with zero attached hydrogens (tertiary/aromatic N) is 2. The summed E-state index contributed by atoms with van der Waals surface area (Å²) in [5, 5.41) is 14.2. The summed E-state index contributed by atoms with van der Waals surface area (Å²) in [5.74, 6) is 1.25. The maximum absolute atomic E-state index is 9.82. The molecule has 106 valence electrons. The zero-order valence-electron chi connectivity index (χ0n) is 11.8. The molecule has 0 spiro atoms. The Labute approximate surface area is 119 Å². The number of hydrogen-bond donors (Lipinski definition) is 2. The molecule has 1 saturated carbocycles. The average Bonchev–Trinajstić information content (AvgIpc) is 2.47. The number of nitrogens with one attached hydrogen (secondary N) is 1. The molecule has 3 rings (SSSR count). The monoisotopic (exact) mass is 271 g/mol. The third-order valence-corrected chi connectivity index (χ3v) is 4.26. The normalized spacial score (nSPS) is 26.6. The molecule has 1 aromatic heterocycles. The minimum atomic E-state index is -0.264. The van der Waals surface area contributed by atoms with Crippen LogP contribution in [0.25, 0.3) is 10.9 Å². The molecule has 1 fully saturated rings. The average molecular weight is 271 g/mol. The summed E-state index contributed by atoms with van der Waals surface area (Å²) >= 11 is 0. The summed E-state index contributed by atoms with van der Waals surface area (Å²) in [7, 11) is 0. The van der Waals surface area contributed by atoms with Crippen LogP contribution in [0.15, 0.2) is 30.5 Å². The highest BCUT2D eigenvalue weighted by Crippen LogP contribution is 2.34. The molecule has 1 aliphatic carbocycles. The van der Waals surface area contributed by atoms with Gasteiger partial charge >= 0.3 is 0 Å². The van der Waals surface area contributed by atoms with Crippen molar-refractivity contribution in [3.8, 4) is 0 Å². The first kappa shape index (κ1) is 13.3. The Morgan fingerprint density at radius 3 is 3.05 bits per heavy atom. The molecule has 0 aliphatic heterocycles. The van der Waals surface area contributed by atoms with Crippen LogP contribution in [0.5, 0.6) is 0 Å². The van der Waals surface area contributed by atoms with Gasteiger partial charge in [-0.1, -0.05) is 38.0 Å². The standard InChI is InChI=1S/C16H21N3O/c1-12-5-4-8-16(9-12,11-20)19-15-17-10-13-6-2-3-7-14(13)18-15/h2-3,6-7,10,12,20H,4-5,8-9,11H2,1H3,(H,17,18,19). The van der Waals surface area contributed by atoms with Crippen LogP contribution in [0.2, 0.25) is 0 Å². The number of aliphatic hydroxyl groups is 1. The molecule has 0 radical (unpaired) electrons. The van der Waals surface area contributed by atoms with Crippen LogP contribution in [0.1, 0.15) is 32.6 Å². The van der Waals surface area contributed by atoms with Crippen LogP contribution >= 0.6 is 0 Å². The van der Waals surface area contributed by atoms with Gasteiger partial charge in [-0.3, -0.25) is 0 Å². The molecule has 2 aromatic rings. The molecule has 2 N–H and O–H groups in total. The Morgan fingerprint density at radius 1 is 1.40 bits per heavy atom. The van der Waals surface area contributed by atoms with E-state index in [9.17, 15) is 5.11 Å². The largest absolute Gasteiger partial charge is 0.394 e. The van der Waals surface area contributed by atoms with E-state index in [1.54, 1.807) is 0 Å². The fraction of sp³-hybridized carbons (Fsp3) is 0.500. The molecule has 2 unspecified atom stereocenters. The fourth-order valence-electron chi connectivity index (χ4n) is 3.23. The van der Waals surface area contributed by atoms with Crippen LogP contribution < -0.4 is 5.32 Å². The highest BCUT2D eigenvalue weighted by molar-refractivity contribution is 5.78. The van der Waals surface area contributed by atoms with Crippen LogP contribution in [0.4, 0.5) is 5.95 Å². The van der Waals surface area contributed by atoms with Gasteiger partial charge in [0.05, 0.1) is 17.7 Å². The van der Waals surface area contributed by atoms with E-state index < -0.39 is 0 Å². The van der Waals surface area contributed by atoms with E-state index >= 15 is 0 Å². The topological polar surface area (TPSA) is 58.0 Å². The van der Waals surface area contributed by atoms with Gasteiger partial charge in [0.15, 0.2) is 0 Å². The second-order valence-corrected chi connectivity index (χ2v) is 6.02. The Balaban J connectivity index is 1.87. The summed E-state index contributed by atoms with van der Waals surface area (Å²) in [6.07, 6.45) is 6.16. The third kappa shape index (κ3) is 2.61. The summed E-state index contributed by atoms with van der Waals surface area (Å²) in [5.41, 5.74) is 0.669. The number of para-hydroxylation sites is 1.